The fourth-order valence-electron chi connectivity index (χ4n) is 3.62. The number of amides is 2. The Labute approximate surface area is 210 Å². The van der Waals surface area contributed by atoms with Gasteiger partial charge in [0.2, 0.25) is 17.8 Å². The zero-order chi connectivity index (χ0) is 26.2. The van der Waals surface area contributed by atoms with E-state index in [1.54, 1.807) is 38.0 Å². The molecule has 0 saturated carbocycles. The second-order valence-electron chi connectivity index (χ2n) is 8.18. The van der Waals surface area contributed by atoms with Gasteiger partial charge in [-0.15, -0.1) is 0 Å². The van der Waals surface area contributed by atoms with E-state index in [0.29, 0.717) is 28.8 Å². The molecule has 2 amide bonds. The SMILES string of the molecule is COCC(=O)N(CC(=O)Nc1nc(-c2ccc(OC)cc2)cn1-c1ccc(OC)c(OC)c1)C(C)C. The molecular weight excluding hydrogens is 464 g/mol. The largest absolute Gasteiger partial charge is 0.497 e. The standard InChI is InChI=1S/C26H32N4O6/c1-17(2)29(25(32)16-33-3)15-24(31)28-26-27-21(18-7-10-20(34-4)11-8-18)14-30(26)19-9-12-22(35-5)23(13-19)36-6/h7-14,17H,15-16H2,1-6H3,(H,27,28,31). The van der Waals surface area contributed by atoms with E-state index in [-0.39, 0.29) is 31.0 Å². The van der Waals surface area contributed by atoms with Crippen LogP contribution in [0.15, 0.2) is 48.7 Å². The number of ether oxygens (including phenoxy) is 4. The summed E-state index contributed by atoms with van der Waals surface area (Å²) in [5.74, 6) is 1.46. The van der Waals surface area contributed by atoms with Gasteiger partial charge in [0.05, 0.1) is 32.7 Å². The molecule has 0 aliphatic rings. The molecule has 3 aromatic rings. The Bertz CT molecular complexity index is 1190. The molecular formula is C26H32N4O6. The fourth-order valence-corrected chi connectivity index (χ4v) is 3.62. The van der Waals surface area contributed by atoms with Crippen molar-refractivity contribution in [2.45, 2.75) is 19.9 Å². The summed E-state index contributed by atoms with van der Waals surface area (Å²) in [5, 5.41) is 2.85. The fraction of sp³-hybridized carbons (Fsp3) is 0.346. The Hall–Kier alpha value is -4.05. The van der Waals surface area contributed by atoms with E-state index >= 15 is 0 Å². The van der Waals surface area contributed by atoms with E-state index in [0.717, 1.165) is 11.3 Å². The van der Waals surface area contributed by atoms with Gasteiger partial charge in [0.25, 0.3) is 0 Å². The van der Waals surface area contributed by atoms with Crippen LogP contribution in [0, 0.1) is 0 Å². The summed E-state index contributed by atoms with van der Waals surface area (Å²) in [6.45, 7) is 3.43. The number of carbonyl (C=O) groups excluding carboxylic acids is 2. The lowest BCUT2D eigenvalue weighted by molar-refractivity contribution is -0.139. The minimum absolute atomic E-state index is 0.104. The summed E-state index contributed by atoms with van der Waals surface area (Å²) < 4.78 is 22.7. The molecule has 36 heavy (non-hydrogen) atoms. The molecule has 3 rings (SSSR count). The van der Waals surface area contributed by atoms with Crippen LogP contribution in [-0.2, 0) is 14.3 Å². The summed E-state index contributed by atoms with van der Waals surface area (Å²) >= 11 is 0. The molecule has 0 spiro atoms. The number of methoxy groups -OCH3 is 4. The van der Waals surface area contributed by atoms with Gasteiger partial charge in [-0.2, -0.15) is 0 Å². The van der Waals surface area contributed by atoms with E-state index in [4.69, 9.17) is 18.9 Å². The van der Waals surface area contributed by atoms with Crippen LogP contribution < -0.4 is 19.5 Å². The van der Waals surface area contributed by atoms with Crippen LogP contribution >= 0.6 is 0 Å². The van der Waals surface area contributed by atoms with E-state index in [1.165, 1.54) is 12.0 Å². The van der Waals surface area contributed by atoms with Crippen molar-refractivity contribution in [3.05, 3.63) is 48.7 Å². The summed E-state index contributed by atoms with van der Waals surface area (Å²) in [4.78, 5) is 31.5. The van der Waals surface area contributed by atoms with Crippen LogP contribution in [0.5, 0.6) is 17.2 Å². The van der Waals surface area contributed by atoms with Crippen LogP contribution in [0.3, 0.4) is 0 Å². The molecule has 0 saturated heterocycles. The quantitative estimate of drug-likeness (QED) is 0.434. The highest BCUT2D eigenvalue weighted by Crippen LogP contribution is 2.32. The third-order valence-electron chi connectivity index (χ3n) is 5.51. The molecule has 0 radical (unpaired) electrons. The van der Waals surface area contributed by atoms with E-state index in [2.05, 4.69) is 10.3 Å². The summed E-state index contributed by atoms with van der Waals surface area (Å²) in [7, 11) is 6.16. The Balaban J connectivity index is 1.98. The number of carbonyl (C=O) groups is 2. The Morgan fingerprint density at radius 2 is 1.67 bits per heavy atom. The maximum atomic E-state index is 13.0. The lowest BCUT2D eigenvalue weighted by Crippen LogP contribution is -2.44. The van der Waals surface area contributed by atoms with E-state index < -0.39 is 0 Å². The van der Waals surface area contributed by atoms with Crippen LogP contribution in [0.4, 0.5) is 5.95 Å². The van der Waals surface area contributed by atoms with Crippen molar-refractivity contribution in [3.63, 3.8) is 0 Å². The number of nitrogens with zero attached hydrogens (tertiary/aromatic N) is 3. The van der Waals surface area contributed by atoms with Crippen LogP contribution in [0.2, 0.25) is 0 Å². The molecule has 0 aliphatic heterocycles. The first-order valence-electron chi connectivity index (χ1n) is 11.4. The molecule has 0 bridgehead atoms. The number of imidazole rings is 1. The third-order valence-corrected chi connectivity index (χ3v) is 5.51. The minimum atomic E-state index is -0.387. The molecule has 0 fully saturated rings. The van der Waals surface area contributed by atoms with Gasteiger partial charge in [0.15, 0.2) is 11.5 Å². The third kappa shape index (κ3) is 6.14. The van der Waals surface area contributed by atoms with Crippen molar-refractivity contribution in [1.29, 1.82) is 0 Å². The maximum Gasteiger partial charge on any atom is 0.249 e. The number of hydrogen-bond donors (Lipinski definition) is 1. The molecule has 1 aromatic heterocycles. The van der Waals surface area contributed by atoms with E-state index in [9.17, 15) is 9.59 Å². The Kier molecular flexibility index (Phi) is 8.91. The first kappa shape index (κ1) is 26.6. The number of rotatable bonds is 11. The molecule has 1 heterocycles. The van der Waals surface area contributed by atoms with Crippen LogP contribution in [0.25, 0.3) is 16.9 Å². The van der Waals surface area contributed by atoms with Gasteiger partial charge in [0.1, 0.15) is 18.9 Å². The second-order valence-corrected chi connectivity index (χ2v) is 8.18. The van der Waals surface area contributed by atoms with Gasteiger partial charge in [0, 0.05) is 31.0 Å². The minimum Gasteiger partial charge on any atom is -0.497 e. The Morgan fingerprint density at radius 1 is 0.972 bits per heavy atom. The predicted octanol–water partition coefficient (Wildman–Crippen LogP) is 3.39. The highest BCUT2D eigenvalue weighted by atomic mass is 16.5. The van der Waals surface area contributed by atoms with E-state index in [1.807, 2.05) is 50.4 Å². The van der Waals surface area contributed by atoms with Crippen molar-refractivity contribution in [1.82, 2.24) is 14.5 Å². The van der Waals surface area contributed by atoms with Gasteiger partial charge in [-0.1, -0.05) is 0 Å². The lowest BCUT2D eigenvalue weighted by Gasteiger charge is -2.25. The number of anilines is 1. The molecule has 10 nitrogen and oxygen atoms in total. The lowest BCUT2D eigenvalue weighted by atomic mass is 10.1. The number of hydrogen-bond acceptors (Lipinski definition) is 7. The van der Waals surface area contributed by atoms with Gasteiger partial charge in [-0.25, -0.2) is 4.98 Å². The van der Waals surface area contributed by atoms with Crippen molar-refractivity contribution in [2.75, 3.05) is 46.9 Å². The molecule has 0 aliphatic carbocycles. The molecule has 10 heteroatoms. The molecule has 0 atom stereocenters. The van der Waals surface area contributed by atoms with Crippen LogP contribution in [0.1, 0.15) is 13.8 Å². The van der Waals surface area contributed by atoms with Gasteiger partial charge >= 0.3 is 0 Å². The monoisotopic (exact) mass is 496 g/mol. The number of nitrogens with one attached hydrogen (secondary N) is 1. The smallest absolute Gasteiger partial charge is 0.249 e. The summed E-state index contributed by atoms with van der Waals surface area (Å²) in [5.41, 5.74) is 2.18. The summed E-state index contributed by atoms with van der Waals surface area (Å²) in [6, 6.07) is 12.7. The van der Waals surface area contributed by atoms with Crippen molar-refractivity contribution in [2.24, 2.45) is 0 Å². The zero-order valence-corrected chi connectivity index (χ0v) is 21.4. The van der Waals surface area contributed by atoms with Crippen molar-refractivity contribution < 1.29 is 28.5 Å². The first-order chi connectivity index (χ1) is 17.3. The normalized spacial score (nSPS) is 10.8. The second kappa shape index (κ2) is 12.1. The zero-order valence-electron chi connectivity index (χ0n) is 21.4. The van der Waals surface area contributed by atoms with Crippen molar-refractivity contribution in [3.8, 4) is 34.2 Å². The number of aromatic nitrogens is 2. The van der Waals surface area contributed by atoms with Gasteiger partial charge in [-0.05, 0) is 50.2 Å². The van der Waals surface area contributed by atoms with Gasteiger partial charge < -0.3 is 23.8 Å². The highest BCUT2D eigenvalue weighted by Gasteiger charge is 2.22. The molecule has 0 unspecified atom stereocenters. The maximum absolute atomic E-state index is 13.0. The molecule has 1 N–H and O–H groups in total. The number of benzene rings is 2. The first-order valence-corrected chi connectivity index (χ1v) is 11.4. The van der Waals surface area contributed by atoms with Crippen LogP contribution in [-0.4, -0.2) is 73.9 Å². The summed E-state index contributed by atoms with van der Waals surface area (Å²) in [6.07, 6.45) is 1.81. The Morgan fingerprint density at radius 3 is 2.25 bits per heavy atom. The topological polar surface area (TPSA) is 104 Å². The molecule has 2 aromatic carbocycles. The van der Waals surface area contributed by atoms with Crippen molar-refractivity contribution >= 4 is 17.8 Å². The average Bonchev–Trinajstić information content (AvgIpc) is 3.30. The average molecular weight is 497 g/mol. The predicted molar refractivity (Wildman–Crippen MR) is 136 cm³/mol. The molecule has 192 valence electrons. The van der Waals surface area contributed by atoms with Gasteiger partial charge in [-0.3, -0.25) is 19.5 Å². The highest BCUT2D eigenvalue weighted by molar-refractivity contribution is 5.94.